The minimum absolute atomic E-state index is 0.0369. The van der Waals surface area contributed by atoms with Crippen molar-refractivity contribution in [1.29, 1.82) is 0 Å². The molecule has 3 heterocycles. The van der Waals surface area contributed by atoms with Gasteiger partial charge in [-0.05, 0) is 42.9 Å². The number of methoxy groups -OCH3 is 1. The van der Waals surface area contributed by atoms with E-state index in [9.17, 15) is 49.8 Å². The summed E-state index contributed by atoms with van der Waals surface area (Å²) in [6.45, 7) is 3.16. The second-order valence-corrected chi connectivity index (χ2v) is 17.5. The van der Waals surface area contributed by atoms with Crippen LogP contribution in [-0.2, 0) is 33.4 Å². The lowest BCUT2D eigenvalue weighted by atomic mass is 9.51. The molecule has 5 fully saturated rings. The van der Waals surface area contributed by atoms with E-state index in [4.69, 9.17) is 25.7 Å². The fourth-order valence-corrected chi connectivity index (χ4v) is 11.2. The first-order valence-corrected chi connectivity index (χ1v) is 20.6. The highest BCUT2D eigenvalue weighted by molar-refractivity contribution is 6.12. The Bertz CT molecular complexity index is 1600. The molecule has 0 aromatic carbocycles. The molecule has 0 radical (unpaired) electrons. The van der Waals surface area contributed by atoms with Gasteiger partial charge in [0.1, 0.15) is 42.1 Å². The molecule has 18 unspecified atom stereocenters. The number of guanidine groups is 1. The van der Waals surface area contributed by atoms with E-state index in [-0.39, 0.29) is 49.3 Å². The van der Waals surface area contributed by atoms with Gasteiger partial charge in [0.25, 0.3) is 11.8 Å². The number of aliphatic hydroxyl groups excluding tert-OH is 4. The molecule has 0 aromatic heterocycles. The molecule has 14 N–H and O–H groups in total. The Hall–Kier alpha value is -2.95. The first-order chi connectivity index (χ1) is 27.4. The van der Waals surface area contributed by atoms with Crippen molar-refractivity contribution in [2.24, 2.45) is 64.7 Å². The monoisotopic (exact) mass is 824 g/mol. The Morgan fingerprint density at radius 1 is 1.03 bits per heavy atom. The van der Waals surface area contributed by atoms with Crippen LogP contribution in [0.5, 0.6) is 0 Å². The molecule has 6 aliphatic rings. The van der Waals surface area contributed by atoms with Crippen molar-refractivity contribution in [2.45, 2.75) is 107 Å². The lowest BCUT2D eigenvalue weighted by molar-refractivity contribution is -0.699. The number of rotatable bonds is 12. The summed E-state index contributed by atoms with van der Waals surface area (Å²) in [5.74, 6) is -10.3. The Labute approximate surface area is 337 Å². The number of nitrogens with zero attached hydrogens (tertiary/aromatic N) is 1. The number of aliphatic hydroxyl groups is 6. The largest absolute Gasteiger partial charge is 0.392 e. The summed E-state index contributed by atoms with van der Waals surface area (Å²) in [5.41, 5.74) is 9.38. The number of ether oxygens (including phenoxy) is 3. The van der Waals surface area contributed by atoms with Gasteiger partial charge in [0.05, 0.1) is 50.3 Å². The molecule has 2 amide bonds. The first-order valence-electron chi connectivity index (χ1n) is 20.6. The second kappa shape index (κ2) is 17.6. The maximum Gasteiger partial charge on any atom is 0.340 e. The van der Waals surface area contributed by atoms with Gasteiger partial charge < -0.3 is 50.2 Å². The maximum absolute atomic E-state index is 14.8. The quantitative estimate of drug-likeness (QED) is 0.0496. The van der Waals surface area contributed by atoms with Crippen LogP contribution < -0.4 is 27.1 Å². The number of imide groups is 1. The molecule has 0 aromatic rings. The van der Waals surface area contributed by atoms with Crippen molar-refractivity contribution in [1.82, 2.24) is 10.2 Å². The van der Waals surface area contributed by atoms with Crippen molar-refractivity contribution >= 4 is 29.3 Å². The van der Waals surface area contributed by atoms with E-state index < -0.39 is 120 Å². The zero-order chi connectivity index (χ0) is 42.4. The van der Waals surface area contributed by atoms with Gasteiger partial charge in [0, 0.05) is 56.4 Å². The SMILES string of the molecule is CCC1C(OC)CC(OC2OC(O)(CO)C(O)(CC(CN3C(=O)C=CC3=O)C3CC[NH2+]C(N)C3)C(O)C2O)C2C(=O)C3C(CC(C)C(CNC(N)=[NH+]C)C3O)C(=O)C12. The zero-order valence-electron chi connectivity index (χ0n) is 33.7. The fraction of sp³-hybridized carbons (Fsp3) is 0.821. The van der Waals surface area contributed by atoms with Crippen LogP contribution in [0, 0.1) is 53.3 Å². The van der Waals surface area contributed by atoms with Crippen molar-refractivity contribution in [3.05, 3.63) is 12.2 Å². The molecule has 3 aliphatic heterocycles. The summed E-state index contributed by atoms with van der Waals surface area (Å²) >= 11 is 0. The van der Waals surface area contributed by atoms with E-state index in [1.165, 1.54) is 7.11 Å². The summed E-state index contributed by atoms with van der Waals surface area (Å²) in [5, 5.41) is 75.0. The molecule has 19 nitrogen and oxygen atoms in total. The minimum Gasteiger partial charge on any atom is -0.392 e. The van der Waals surface area contributed by atoms with Gasteiger partial charge in [-0.3, -0.25) is 45.9 Å². The highest BCUT2D eigenvalue weighted by Gasteiger charge is 2.67. The number of carbonyl (C=O) groups is 4. The highest BCUT2D eigenvalue weighted by atomic mass is 16.8. The van der Waals surface area contributed by atoms with Crippen molar-refractivity contribution in [2.75, 3.05) is 40.4 Å². The molecule has 0 bridgehead atoms. The third-order valence-corrected chi connectivity index (χ3v) is 14.5. The second-order valence-electron chi connectivity index (χ2n) is 17.5. The molecular formula is C39H64N6O13+2. The van der Waals surface area contributed by atoms with Crippen LogP contribution in [0.3, 0.4) is 0 Å². The number of hydrogen-bond donors (Lipinski definition) is 11. The van der Waals surface area contributed by atoms with Gasteiger partial charge in [-0.25, -0.2) is 0 Å². The number of Topliss-reactive ketones (excluding diaryl/α,β-unsaturated/α-hetero) is 2. The van der Waals surface area contributed by atoms with Crippen LogP contribution in [0.4, 0.5) is 0 Å². The van der Waals surface area contributed by atoms with Crippen molar-refractivity contribution in [3.8, 4) is 0 Å². The summed E-state index contributed by atoms with van der Waals surface area (Å²) in [6.07, 6.45) is -6.04. The standard InChI is InChI=1S/C39H62N6O13/c1-5-20-23(56-4)12-24(30-28(20)31(49)21-10-17(2)22(14-44-37(41)42-3)32(50)29(21)33(30)51)57-36-34(52)35(53)38(54,39(55,16-46)58-36)13-19(18-8-9-43-25(40)11-18)15-45-26(47)6-7-27(45)48/h6-7,17-25,28-30,32,34-36,43,46,50,52-55H,5,8-16,40H2,1-4H3,(H3,41,42,44)/p+2. The topological polar surface area (TPSA) is 315 Å². The molecule has 58 heavy (non-hydrogen) atoms. The van der Waals surface area contributed by atoms with Gasteiger partial charge in [0.2, 0.25) is 5.79 Å². The third kappa shape index (κ3) is 7.88. The van der Waals surface area contributed by atoms with Crippen LogP contribution in [0.1, 0.15) is 52.4 Å². The third-order valence-electron chi connectivity index (χ3n) is 14.5. The molecule has 3 saturated carbocycles. The lowest BCUT2D eigenvalue weighted by Gasteiger charge is -2.56. The molecule has 19 heteroatoms. The zero-order valence-corrected chi connectivity index (χ0v) is 33.7. The molecular weight excluding hydrogens is 760 g/mol. The van der Waals surface area contributed by atoms with Crippen LogP contribution in [-0.4, -0.2) is 160 Å². The summed E-state index contributed by atoms with van der Waals surface area (Å²) < 4.78 is 18.0. The van der Waals surface area contributed by atoms with Crippen molar-refractivity contribution in [3.63, 3.8) is 0 Å². The van der Waals surface area contributed by atoms with E-state index in [0.717, 1.165) is 17.1 Å². The Morgan fingerprint density at radius 3 is 2.33 bits per heavy atom. The van der Waals surface area contributed by atoms with E-state index in [1.807, 2.05) is 19.2 Å². The number of piperidine rings is 1. The maximum atomic E-state index is 14.8. The summed E-state index contributed by atoms with van der Waals surface area (Å²) in [4.78, 5) is 58.4. The van der Waals surface area contributed by atoms with Crippen LogP contribution >= 0.6 is 0 Å². The number of hydrogen-bond acceptors (Lipinski definition) is 14. The molecule has 18 atom stereocenters. The average Bonchev–Trinajstić information content (AvgIpc) is 3.52. The molecule has 326 valence electrons. The first kappa shape index (κ1) is 44.6. The Balaban J connectivity index is 1.29. The van der Waals surface area contributed by atoms with E-state index >= 15 is 0 Å². The number of nitrogens with one attached hydrogen (secondary N) is 2. The number of amides is 2. The predicted octanol–water partition coefficient (Wildman–Crippen LogP) is -6.26. The van der Waals surface area contributed by atoms with Gasteiger partial charge in [-0.2, -0.15) is 0 Å². The molecule has 2 saturated heterocycles. The normalized spacial score (nSPS) is 45.3. The number of nitrogens with two attached hydrogens (primary N) is 3. The number of carbonyl (C=O) groups excluding carboxylic acids is 4. The van der Waals surface area contributed by atoms with E-state index in [1.54, 1.807) is 7.05 Å². The van der Waals surface area contributed by atoms with Gasteiger partial charge in [-0.15, -0.1) is 0 Å². The summed E-state index contributed by atoms with van der Waals surface area (Å²) in [6, 6.07) is 0. The van der Waals surface area contributed by atoms with Crippen LogP contribution in [0.25, 0.3) is 0 Å². The van der Waals surface area contributed by atoms with Gasteiger partial charge >= 0.3 is 5.96 Å². The van der Waals surface area contributed by atoms with Gasteiger partial charge in [-0.1, -0.05) is 20.3 Å². The van der Waals surface area contributed by atoms with Crippen LogP contribution in [0.15, 0.2) is 12.2 Å². The lowest BCUT2D eigenvalue weighted by Crippen LogP contribution is -2.94. The number of fused-ring (bicyclic) bond motifs is 2. The predicted molar refractivity (Wildman–Crippen MR) is 201 cm³/mol. The molecule has 0 spiro atoms. The fourth-order valence-electron chi connectivity index (χ4n) is 11.2. The van der Waals surface area contributed by atoms with Crippen LogP contribution in [0.2, 0.25) is 0 Å². The summed E-state index contributed by atoms with van der Waals surface area (Å²) in [7, 11) is 3.12. The smallest absolute Gasteiger partial charge is 0.340 e. The number of quaternary nitrogens is 1. The van der Waals surface area contributed by atoms with E-state index in [0.29, 0.717) is 32.2 Å². The van der Waals surface area contributed by atoms with Crippen molar-refractivity contribution < 1.29 is 74.3 Å². The average molecular weight is 825 g/mol. The Kier molecular flexibility index (Phi) is 13.5. The Morgan fingerprint density at radius 2 is 1.72 bits per heavy atom. The van der Waals surface area contributed by atoms with Gasteiger partial charge in [0.15, 0.2) is 6.29 Å². The minimum atomic E-state index is -2.98. The number of ketones is 2. The molecule has 3 aliphatic carbocycles. The van der Waals surface area contributed by atoms with E-state index in [2.05, 4.69) is 10.3 Å². The highest BCUT2D eigenvalue weighted by Crippen LogP contribution is 2.53. The molecule has 6 rings (SSSR count).